The quantitative estimate of drug-likeness (QED) is 0.508. The second-order valence-corrected chi connectivity index (χ2v) is 4.35. The Morgan fingerprint density at radius 2 is 2.00 bits per heavy atom. The molecule has 1 N–H and O–H groups in total. The average Bonchev–Trinajstić information content (AvgIpc) is 2.41. The number of hydrogen-bond donors (Lipinski definition) is 1. The van der Waals surface area contributed by atoms with Gasteiger partial charge >= 0.3 is 11.9 Å². The van der Waals surface area contributed by atoms with Crippen molar-refractivity contribution in [3.63, 3.8) is 0 Å². The van der Waals surface area contributed by atoms with Gasteiger partial charge in [-0.15, -0.1) is 11.8 Å². The van der Waals surface area contributed by atoms with Crippen molar-refractivity contribution in [3.8, 4) is 11.8 Å². The molecule has 0 spiro atoms. The van der Waals surface area contributed by atoms with Crippen LogP contribution in [0.25, 0.3) is 0 Å². The largest absolute Gasteiger partial charge is 0.480 e. The van der Waals surface area contributed by atoms with Gasteiger partial charge in [0.15, 0.2) is 0 Å². The number of aryl methyl sites for hydroxylation is 1. The van der Waals surface area contributed by atoms with E-state index in [0.717, 1.165) is 5.56 Å². The summed E-state index contributed by atoms with van der Waals surface area (Å²) < 4.78 is 4.99. The molecule has 0 aliphatic rings. The van der Waals surface area contributed by atoms with E-state index < -0.39 is 17.4 Å². The third-order valence-corrected chi connectivity index (χ3v) is 3.12. The Morgan fingerprint density at radius 1 is 1.35 bits per heavy atom. The van der Waals surface area contributed by atoms with Crippen LogP contribution >= 0.6 is 0 Å². The maximum Gasteiger partial charge on any atom is 0.329 e. The van der Waals surface area contributed by atoms with E-state index in [0.29, 0.717) is 5.56 Å². The summed E-state index contributed by atoms with van der Waals surface area (Å²) in [5.74, 6) is 3.33. The number of carbonyl (C=O) groups is 2. The molecular weight excluding hydrogens is 256 g/mol. The smallest absolute Gasteiger partial charge is 0.329 e. The lowest BCUT2D eigenvalue weighted by Crippen LogP contribution is -2.45. The molecule has 0 radical (unpaired) electrons. The van der Waals surface area contributed by atoms with Crippen molar-refractivity contribution >= 4 is 11.9 Å². The van der Waals surface area contributed by atoms with Crippen LogP contribution < -0.4 is 0 Å². The van der Waals surface area contributed by atoms with Crippen molar-refractivity contribution in [3.05, 3.63) is 35.4 Å². The fourth-order valence-corrected chi connectivity index (χ4v) is 2.08. The van der Waals surface area contributed by atoms with Crippen LogP contribution in [0.15, 0.2) is 24.3 Å². The lowest BCUT2D eigenvalue weighted by molar-refractivity contribution is -0.161. The molecule has 1 rings (SSSR count). The molecular formula is C16H18O4. The number of ether oxygens (including phenoxy) is 1. The minimum atomic E-state index is -1.77. The van der Waals surface area contributed by atoms with Gasteiger partial charge in [0.05, 0.1) is 6.61 Å². The second-order valence-electron chi connectivity index (χ2n) is 4.35. The molecule has 0 bridgehead atoms. The first-order chi connectivity index (χ1) is 9.50. The van der Waals surface area contributed by atoms with Gasteiger partial charge in [0.1, 0.15) is 0 Å². The van der Waals surface area contributed by atoms with Gasteiger partial charge in [0.25, 0.3) is 0 Å². The van der Waals surface area contributed by atoms with E-state index in [1.54, 1.807) is 45.0 Å². The SMILES string of the molecule is CC#CCC(C(=O)O)(C(=O)OCC)c1ccccc1C. The monoisotopic (exact) mass is 274 g/mol. The van der Waals surface area contributed by atoms with E-state index >= 15 is 0 Å². The third-order valence-electron chi connectivity index (χ3n) is 3.12. The van der Waals surface area contributed by atoms with E-state index in [1.807, 2.05) is 0 Å². The van der Waals surface area contributed by atoms with E-state index in [2.05, 4.69) is 11.8 Å². The Balaban J connectivity index is 3.51. The van der Waals surface area contributed by atoms with Crippen LogP contribution in [0.2, 0.25) is 0 Å². The molecule has 0 aromatic heterocycles. The van der Waals surface area contributed by atoms with Gasteiger partial charge < -0.3 is 9.84 Å². The maximum atomic E-state index is 12.3. The van der Waals surface area contributed by atoms with Crippen molar-refractivity contribution in [1.29, 1.82) is 0 Å². The van der Waals surface area contributed by atoms with Crippen molar-refractivity contribution < 1.29 is 19.4 Å². The molecule has 0 fully saturated rings. The number of carboxylic acid groups (broad SMARTS) is 1. The fraction of sp³-hybridized carbons (Fsp3) is 0.375. The Bertz CT molecular complexity index is 565. The second kappa shape index (κ2) is 6.76. The number of aliphatic carboxylic acids is 1. The topological polar surface area (TPSA) is 63.6 Å². The summed E-state index contributed by atoms with van der Waals surface area (Å²) in [6, 6.07) is 6.91. The minimum Gasteiger partial charge on any atom is -0.480 e. The first-order valence-electron chi connectivity index (χ1n) is 6.37. The molecule has 1 unspecified atom stereocenters. The van der Waals surface area contributed by atoms with Gasteiger partial charge in [-0.05, 0) is 31.9 Å². The molecule has 0 saturated heterocycles. The Labute approximate surface area is 118 Å². The standard InChI is InChI=1S/C16H18O4/c1-4-6-11-16(14(17)18,15(19)20-5-2)13-10-8-7-9-12(13)3/h7-10H,5,11H2,1-3H3,(H,17,18). The maximum absolute atomic E-state index is 12.3. The first-order valence-corrected chi connectivity index (χ1v) is 6.37. The molecule has 0 aliphatic heterocycles. The van der Waals surface area contributed by atoms with Crippen LogP contribution in [0, 0.1) is 18.8 Å². The fourth-order valence-electron chi connectivity index (χ4n) is 2.08. The van der Waals surface area contributed by atoms with E-state index in [-0.39, 0.29) is 13.0 Å². The number of esters is 1. The van der Waals surface area contributed by atoms with Gasteiger partial charge in [0, 0.05) is 6.42 Å². The molecule has 1 atom stereocenters. The predicted molar refractivity (Wildman–Crippen MR) is 75.2 cm³/mol. The lowest BCUT2D eigenvalue weighted by atomic mass is 9.75. The van der Waals surface area contributed by atoms with Crippen LogP contribution in [-0.4, -0.2) is 23.7 Å². The van der Waals surface area contributed by atoms with Gasteiger partial charge in [-0.25, -0.2) is 0 Å². The highest BCUT2D eigenvalue weighted by molar-refractivity contribution is 6.06. The van der Waals surface area contributed by atoms with Crippen LogP contribution in [0.3, 0.4) is 0 Å². The van der Waals surface area contributed by atoms with Crippen LogP contribution in [-0.2, 0) is 19.7 Å². The zero-order valence-electron chi connectivity index (χ0n) is 11.9. The van der Waals surface area contributed by atoms with E-state index in [1.165, 1.54) is 0 Å². The summed E-state index contributed by atoms with van der Waals surface area (Å²) >= 11 is 0. The molecule has 106 valence electrons. The van der Waals surface area contributed by atoms with E-state index in [4.69, 9.17) is 4.74 Å². The van der Waals surface area contributed by atoms with Gasteiger partial charge in [-0.2, -0.15) is 0 Å². The molecule has 20 heavy (non-hydrogen) atoms. The van der Waals surface area contributed by atoms with Crippen LogP contribution in [0.1, 0.15) is 31.4 Å². The van der Waals surface area contributed by atoms with Crippen LogP contribution in [0.4, 0.5) is 0 Å². The number of carbonyl (C=O) groups excluding carboxylic acids is 1. The molecule has 1 aromatic rings. The molecule has 0 heterocycles. The molecule has 1 aromatic carbocycles. The zero-order valence-corrected chi connectivity index (χ0v) is 11.9. The highest BCUT2D eigenvalue weighted by Crippen LogP contribution is 2.32. The molecule has 0 amide bonds. The summed E-state index contributed by atoms with van der Waals surface area (Å²) in [6.07, 6.45) is -0.109. The van der Waals surface area contributed by atoms with Crippen molar-refractivity contribution in [2.75, 3.05) is 6.61 Å². The summed E-state index contributed by atoms with van der Waals surface area (Å²) in [5, 5.41) is 9.66. The van der Waals surface area contributed by atoms with Gasteiger partial charge in [-0.3, -0.25) is 9.59 Å². The number of benzene rings is 1. The first kappa shape index (κ1) is 15.8. The molecule has 4 heteroatoms. The summed E-state index contributed by atoms with van der Waals surface area (Å²) in [6.45, 7) is 5.15. The summed E-state index contributed by atoms with van der Waals surface area (Å²) in [7, 11) is 0. The van der Waals surface area contributed by atoms with Gasteiger partial charge in [-0.1, -0.05) is 24.3 Å². The molecule has 0 aliphatic carbocycles. The Kier molecular flexibility index (Phi) is 5.33. The number of hydrogen-bond acceptors (Lipinski definition) is 3. The van der Waals surface area contributed by atoms with Crippen molar-refractivity contribution in [2.45, 2.75) is 32.6 Å². The van der Waals surface area contributed by atoms with Crippen molar-refractivity contribution in [2.24, 2.45) is 0 Å². The summed E-state index contributed by atoms with van der Waals surface area (Å²) in [4.78, 5) is 24.1. The van der Waals surface area contributed by atoms with E-state index in [9.17, 15) is 14.7 Å². The van der Waals surface area contributed by atoms with Crippen LogP contribution in [0.5, 0.6) is 0 Å². The Hall–Kier alpha value is -2.28. The lowest BCUT2D eigenvalue weighted by Gasteiger charge is -2.27. The summed E-state index contributed by atoms with van der Waals surface area (Å²) in [5.41, 5.74) is -0.626. The number of carboxylic acids is 1. The molecule has 4 nitrogen and oxygen atoms in total. The zero-order chi connectivity index (χ0) is 15.2. The van der Waals surface area contributed by atoms with Gasteiger partial charge in [0.2, 0.25) is 5.41 Å². The Morgan fingerprint density at radius 3 is 2.50 bits per heavy atom. The molecule has 0 saturated carbocycles. The third kappa shape index (κ3) is 2.83. The normalized spacial score (nSPS) is 12.8. The van der Waals surface area contributed by atoms with Crippen molar-refractivity contribution in [1.82, 2.24) is 0 Å². The minimum absolute atomic E-state index is 0.109. The highest BCUT2D eigenvalue weighted by Gasteiger charge is 2.49. The average molecular weight is 274 g/mol. The highest BCUT2D eigenvalue weighted by atomic mass is 16.5. The number of rotatable bonds is 5. The predicted octanol–water partition coefficient (Wildman–Crippen LogP) is 2.29.